The Morgan fingerprint density at radius 3 is 2.22 bits per heavy atom. The van der Waals surface area contributed by atoms with E-state index >= 15 is 0 Å². The number of piperazine rings is 1. The highest BCUT2D eigenvalue weighted by Crippen LogP contribution is 2.36. The molecule has 3 N–H and O–H groups in total. The fourth-order valence-electron chi connectivity index (χ4n) is 9.87. The number of phenols is 1. The largest absolute Gasteiger partial charge is 0.508 e. The number of hydrogen-bond donors (Lipinski definition) is 3. The van der Waals surface area contributed by atoms with Gasteiger partial charge in [-0.2, -0.15) is 0 Å². The number of fused-ring (bicyclic) bond motifs is 1. The van der Waals surface area contributed by atoms with Gasteiger partial charge in [-0.05, 0) is 108 Å². The Hall–Kier alpha value is -5.49. The molecule has 3 fully saturated rings. The molecule has 0 aliphatic carbocycles. The van der Waals surface area contributed by atoms with E-state index in [4.69, 9.17) is 4.74 Å². The van der Waals surface area contributed by atoms with Crippen LogP contribution in [0.4, 0.5) is 5.69 Å². The number of nitrogens with one attached hydrogen (secondary N) is 2. The second-order valence-corrected chi connectivity index (χ2v) is 17.6. The minimum absolute atomic E-state index is 0.132. The number of hydrazine groups is 1. The summed E-state index contributed by atoms with van der Waals surface area (Å²) in [5.41, 5.74) is 12.5. The summed E-state index contributed by atoms with van der Waals surface area (Å²) in [7, 11) is 0. The molecule has 11 nitrogen and oxygen atoms in total. The van der Waals surface area contributed by atoms with Crippen LogP contribution in [0.1, 0.15) is 111 Å². The molecule has 0 aromatic heterocycles. The first-order valence-corrected chi connectivity index (χ1v) is 23.4. The lowest BCUT2D eigenvalue weighted by molar-refractivity contribution is -0.136. The summed E-state index contributed by atoms with van der Waals surface area (Å²) < 4.78 is 6.57. The zero-order chi connectivity index (χ0) is 43.7. The Labute approximate surface area is 373 Å². The molecule has 63 heavy (non-hydrogen) atoms. The summed E-state index contributed by atoms with van der Waals surface area (Å²) in [5.74, 6) is 0.342. The van der Waals surface area contributed by atoms with Crippen LogP contribution >= 0.6 is 0 Å². The summed E-state index contributed by atoms with van der Waals surface area (Å²) in [6.45, 7) is 11.2. The van der Waals surface area contributed by atoms with Gasteiger partial charge in [0, 0.05) is 69.5 Å². The maximum Gasteiger partial charge on any atom is 0.255 e. The van der Waals surface area contributed by atoms with E-state index in [9.17, 15) is 19.5 Å². The van der Waals surface area contributed by atoms with Crippen molar-refractivity contribution in [1.29, 1.82) is 0 Å². The number of piperidine rings is 1. The van der Waals surface area contributed by atoms with Gasteiger partial charge in [0.05, 0.1) is 6.04 Å². The third kappa shape index (κ3) is 10.7. The van der Waals surface area contributed by atoms with Crippen molar-refractivity contribution in [3.8, 4) is 11.5 Å². The number of aromatic hydroxyl groups is 1. The van der Waals surface area contributed by atoms with E-state index in [2.05, 4.69) is 94.0 Å². The molecule has 4 aromatic rings. The molecule has 0 radical (unpaired) electrons. The van der Waals surface area contributed by atoms with Crippen LogP contribution in [0.5, 0.6) is 11.5 Å². The van der Waals surface area contributed by atoms with Crippen LogP contribution < -0.4 is 20.4 Å². The highest BCUT2D eigenvalue weighted by Gasteiger charge is 2.39. The fraction of sp³-hybridized carbons (Fsp3) is 0.442. The van der Waals surface area contributed by atoms with Crippen molar-refractivity contribution >= 4 is 34.6 Å². The van der Waals surface area contributed by atoms with Gasteiger partial charge in [0.25, 0.3) is 5.91 Å². The van der Waals surface area contributed by atoms with Crippen molar-refractivity contribution in [1.82, 2.24) is 25.6 Å². The number of anilines is 1. The maximum atomic E-state index is 13.3. The van der Waals surface area contributed by atoms with Crippen LogP contribution in [0, 0.1) is 0 Å². The van der Waals surface area contributed by atoms with Gasteiger partial charge in [-0.3, -0.25) is 30.0 Å². The Kier molecular flexibility index (Phi) is 14.6. The predicted molar refractivity (Wildman–Crippen MR) is 249 cm³/mol. The normalized spacial score (nSPS) is 21.3. The van der Waals surface area contributed by atoms with Gasteiger partial charge in [-0.25, -0.2) is 5.01 Å². The Balaban J connectivity index is 0.867. The number of unbranched alkanes of at least 4 members (excludes halogenated alkanes) is 4. The van der Waals surface area contributed by atoms with Crippen LogP contribution in [0.3, 0.4) is 0 Å². The van der Waals surface area contributed by atoms with Crippen LogP contribution in [0.2, 0.25) is 0 Å². The quantitative estimate of drug-likeness (QED) is 0.0552. The van der Waals surface area contributed by atoms with Crippen molar-refractivity contribution in [2.24, 2.45) is 0 Å². The number of amides is 3. The SMILES string of the molecule is CCCCCCCN1NC(CN2CCN(c3ccc4c(c3)CN(C3CCC(=O)NC3=O)C4=O)CC2)CCC1COc1ccc(/C(=C(/CC)c2ccccc2)c2ccc(O)cc2)cc1. The van der Waals surface area contributed by atoms with Gasteiger partial charge in [-0.1, -0.05) is 94.1 Å². The van der Waals surface area contributed by atoms with Gasteiger partial charge in [-0.15, -0.1) is 0 Å². The summed E-state index contributed by atoms with van der Waals surface area (Å²) in [5, 5.41) is 14.9. The molecule has 0 spiro atoms. The molecule has 4 heterocycles. The zero-order valence-corrected chi connectivity index (χ0v) is 37.1. The second kappa shape index (κ2) is 20.8. The average Bonchev–Trinajstić information content (AvgIpc) is 3.63. The molecule has 4 aliphatic heterocycles. The lowest BCUT2D eigenvalue weighted by Gasteiger charge is -2.43. The third-order valence-electron chi connectivity index (χ3n) is 13.4. The summed E-state index contributed by atoms with van der Waals surface area (Å²) in [6.07, 6.45) is 9.83. The predicted octanol–water partition coefficient (Wildman–Crippen LogP) is 8.03. The summed E-state index contributed by atoms with van der Waals surface area (Å²) >= 11 is 0. The molecular weight excluding hydrogens is 789 g/mol. The summed E-state index contributed by atoms with van der Waals surface area (Å²) in [4.78, 5) is 44.1. The van der Waals surface area contributed by atoms with Crippen LogP contribution in [-0.2, 0) is 16.1 Å². The molecule has 3 atom stereocenters. The fourth-order valence-corrected chi connectivity index (χ4v) is 9.87. The molecule has 0 saturated carbocycles. The van der Waals surface area contributed by atoms with E-state index in [1.165, 1.54) is 36.8 Å². The smallest absolute Gasteiger partial charge is 0.255 e. The first-order chi connectivity index (χ1) is 30.8. The van der Waals surface area contributed by atoms with Gasteiger partial charge in [0.15, 0.2) is 0 Å². The molecule has 3 amide bonds. The third-order valence-corrected chi connectivity index (χ3v) is 13.4. The van der Waals surface area contributed by atoms with Crippen LogP contribution in [-0.4, -0.2) is 102 Å². The number of nitrogens with zero attached hydrogens (tertiary/aromatic N) is 4. The molecule has 332 valence electrons. The lowest BCUT2D eigenvalue weighted by Crippen LogP contribution is -2.60. The topological polar surface area (TPSA) is 118 Å². The van der Waals surface area contributed by atoms with Crippen molar-refractivity contribution in [2.45, 2.75) is 103 Å². The number of hydrogen-bond acceptors (Lipinski definition) is 9. The first kappa shape index (κ1) is 44.1. The number of carbonyl (C=O) groups is 3. The van der Waals surface area contributed by atoms with E-state index in [-0.39, 0.29) is 35.9 Å². The lowest BCUT2D eigenvalue weighted by atomic mass is 9.88. The number of phenolic OH excluding ortho intramolecular Hbond substituents is 1. The zero-order valence-electron chi connectivity index (χ0n) is 37.1. The molecule has 4 aromatic carbocycles. The summed E-state index contributed by atoms with van der Waals surface area (Å²) in [6, 6.07) is 32.7. The molecule has 0 bridgehead atoms. The number of benzene rings is 4. The number of carbonyl (C=O) groups excluding carboxylic acids is 3. The minimum atomic E-state index is -0.601. The number of imide groups is 1. The number of ether oxygens (including phenoxy) is 1. The highest BCUT2D eigenvalue weighted by molar-refractivity contribution is 6.05. The van der Waals surface area contributed by atoms with E-state index in [1.54, 1.807) is 17.0 Å². The van der Waals surface area contributed by atoms with Crippen LogP contribution in [0.25, 0.3) is 11.1 Å². The minimum Gasteiger partial charge on any atom is -0.508 e. The first-order valence-electron chi connectivity index (χ1n) is 23.4. The standard InChI is InChI=1S/C52H64N6O5/c1-3-5-6-7-11-28-58-43(36-63-45-23-16-39(17-24-45)50(38-14-21-44(59)22-15-38)46(4-2)37-12-9-8-10-13-37)19-18-41(54-58)35-55-29-31-56(32-30-55)42-20-25-47-40(33-42)34-57(52(47)62)48-26-27-49(60)53-51(48)61/h8-10,12-17,20-25,33,41,43,48,54,59H,3-7,11,18-19,26-32,34-36H2,1-2H3,(H,53,60,61)/b50-46-. The Morgan fingerprint density at radius 1 is 0.778 bits per heavy atom. The van der Waals surface area contributed by atoms with Gasteiger partial charge < -0.3 is 19.6 Å². The second-order valence-electron chi connectivity index (χ2n) is 17.6. The molecule has 8 rings (SSSR count). The van der Waals surface area contributed by atoms with Gasteiger partial charge >= 0.3 is 0 Å². The molecule has 4 aliphatic rings. The van der Waals surface area contributed by atoms with Crippen molar-refractivity contribution < 1.29 is 24.2 Å². The number of allylic oxidation sites excluding steroid dienone is 1. The Bertz CT molecular complexity index is 2220. The van der Waals surface area contributed by atoms with E-state index in [1.807, 2.05) is 30.3 Å². The highest BCUT2D eigenvalue weighted by atomic mass is 16.5. The molecule has 3 saturated heterocycles. The van der Waals surface area contributed by atoms with E-state index in [0.29, 0.717) is 31.2 Å². The monoisotopic (exact) mass is 852 g/mol. The maximum absolute atomic E-state index is 13.3. The van der Waals surface area contributed by atoms with Crippen LogP contribution in [0.15, 0.2) is 97.1 Å². The molecule has 11 heteroatoms. The number of rotatable bonds is 17. The molecule has 3 unspecified atom stereocenters. The van der Waals surface area contributed by atoms with E-state index in [0.717, 1.165) is 98.7 Å². The van der Waals surface area contributed by atoms with E-state index < -0.39 is 6.04 Å². The average molecular weight is 853 g/mol. The van der Waals surface area contributed by atoms with Gasteiger partial charge in [0.2, 0.25) is 11.8 Å². The van der Waals surface area contributed by atoms with Crippen molar-refractivity contribution in [3.63, 3.8) is 0 Å². The van der Waals surface area contributed by atoms with Crippen molar-refractivity contribution in [3.05, 3.63) is 125 Å². The van der Waals surface area contributed by atoms with Crippen molar-refractivity contribution in [2.75, 3.05) is 50.8 Å². The molecular formula is C52H64N6O5. The van der Waals surface area contributed by atoms with Gasteiger partial charge in [0.1, 0.15) is 24.1 Å². The Morgan fingerprint density at radius 2 is 1.51 bits per heavy atom.